The summed E-state index contributed by atoms with van der Waals surface area (Å²) >= 11 is 0. The van der Waals surface area contributed by atoms with E-state index in [0.717, 1.165) is 5.56 Å². The van der Waals surface area contributed by atoms with Crippen molar-refractivity contribution in [1.82, 2.24) is 15.0 Å². The number of halogens is 1. The minimum Gasteiger partial charge on any atom is -0.484 e. The van der Waals surface area contributed by atoms with Gasteiger partial charge in [-0.1, -0.05) is 37.2 Å². The topological polar surface area (TPSA) is 71.7 Å². The van der Waals surface area contributed by atoms with Crippen molar-refractivity contribution in [2.24, 2.45) is 0 Å². The number of nitrogens with zero attached hydrogens (tertiary/aromatic N) is 4. The Morgan fingerprint density at radius 1 is 1.13 bits per heavy atom. The number of amides is 1. The van der Waals surface area contributed by atoms with Crippen LogP contribution in [0.4, 0.5) is 10.1 Å². The molecule has 0 radical (unpaired) electrons. The average Bonchev–Trinajstić information content (AvgIpc) is 3.29. The monoisotopic (exact) mass is 424 g/mol. The average molecular weight is 424 g/mol. The molecule has 1 aliphatic rings. The van der Waals surface area contributed by atoms with Gasteiger partial charge in [-0.05, 0) is 30.3 Å². The van der Waals surface area contributed by atoms with Crippen LogP contribution in [0.5, 0.6) is 5.75 Å². The maximum atomic E-state index is 14.0. The van der Waals surface area contributed by atoms with Crippen LogP contribution >= 0.6 is 0 Å². The Bertz CT molecular complexity index is 1040. The smallest absolute Gasteiger partial charge is 0.260 e. The summed E-state index contributed by atoms with van der Waals surface area (Å²) in [7, 11) is 0. The number of rotatable bonds is 6. The van der Waals surface area contributed by atoms with E-state index >= 15 is 0 Å². The summed E-state index contributed by atoms with van der Waals surface area (Å²) in [5, 5.41) is 3.98. The van der Waals surface area contributed by atoms with Crippen molar-refractivity contribution in [3.8, 4) is 17.2 Å². The summed E-state index contributed by atoms with van der Waals surface area (Å²) in [6.45, 7) is 6.14. The number of carbonyl (C=O) groups excluding carboxylic acids is 1. The Morgan fingerprint density at radius 2 is 1.90 bits per heavy atom. The van der Waals surface area contributed by atoms with Gasteiger partial charge in [0.2, 0.25) is 0 Å². The molecule has 0 spiro atoms. The molecule has 31 heavy (non-hydrogen) atoms. The molecule has 8 heteroatoms. The van der Waals surface area contributed by atoms with Crippen molar-refractivity contribution >= 4 is 11.6 Å². The third-order valence-electron chi connectivity index (χ3n) is 5.23. The number of piperazine rings is 1. The predicted molar refractivity (Wildman–Crippen MR) is 115 cm³/mol. The number of benzene rings is 2. The van der Waals surface area contributed by atoms with E-state index in [4.69, 9.17) is 9.26 Å². The Balaban J connectivity index is 1.32. The highest BCUT2D eigenvalue weighted by molar-refractivity contribution is 5.78. The molecule has 1 amide bonds. The molecule has 4 rings (SSSR count). The summed E-state index contributed by atoms with van der Waals surface area (Å²) in [4.78, 5) is 20.7. The van der Waals surface area contributed by atoms with Crippen molar-refractivity contribution in [2.75, 3.05) is 37.7 Å². The molecular formula is C23H25FN4O3. The highest BCUT2D eigenvalue weighted by Crippen LogP contribution is 2.24. The Morgan fingerprint density at radius 3 is 2.61 bits per heavy atom. The van der Waals surface area contributed by atoms with E-state index in [1.165, 1.54) is 6.07 Å². The van der Waals surface area contributed by atoms with E-state index in [1.54, 1.807) is 29.2 Å². The molecule has 0 saturated carbocycles. The number of carbonyl (C=O) groups is 1. The number of hydrogen-bond donors (Lipinski definition) is 0. The minimum absolute atomic E-state index is 0.0652. The van der Waals surface area contributed by atoms with E-state index in [0.29, 0.717) is 49.3 Å². The highest BCUT2D eigenvalue weighted by atomic mass is 19.1. The van der Waals surface area contributed by atoms with E-state index < -0.39 is 0 Å². The van der Waals surface area contributed by atoms with Crippen molar-refractivity contribution in [2.45, 2.75) is 19.8 Å². The molecule has 1 fully saturated rings. The third kappa shape index (κ3) is 4.84. The van der Waals surface area contributed by atoms with Crippen LogP contribution < -0.4 is 9.64 Å². The van der Waals surface area contributed by atoms with E-state index in [-0.39, 0.29) is 24.2 Å². The predicted octanol–water partition coefficient (Wildman–Crippen LogP) is 3.73. The summed E-state index contributed by atoms with van der Waals surface area (Å²) in [6.07, 6.45) is 0. The quantitative estimate of drug-likeness (QED) is 0.601. The maximum absolute atomic E-state index is 14.0. The molecule has 2 heterocycles. The Hall–Kier alpha value is -3.42. The first kappa shape index (κ1) is 20.8. The van der Waals surface area contributed by atoms with Gasteiger partial charge >= 0.3 is 0 Å². The summed E-state index contributed by atoms with van der Waals surface area (Å²) in [5.74, 6) is 1.45. The number of aromatic nitrogens is 2. The van der Waals surface area contributed by atoms with Gasteiger partial charge in [-0.3, -0.25) is 4.79 Å². The molecule has 0 bridgehead atoms. The summed E-state index contributed by atoms with van der Waals surface area (Å²) < 4.78 is 25.0. The first-order chi connectivity index (χ1) is 15.0. The van der Waals surface area contributed by atoms with Crippen molar-refractivity contribution in [3.05, 3.63) is 60.2 Å². The lowest BCUT2D eigenvalue weighted by atomic mass is 10.2. The number of para-hydroxylation sites is 1. The molecule has 162 valence electrons. The molecule has 1 saturated heterocycles. The maximum Gasteiger partial charge on any atom is 0.260 e. The fraction of sp³-hybridized carbons (Fsp3) is 0.348. The first-order valence-electron chi connectivity index (χ1n) is 10.4. The van der Waals surface area contributed by atoms with Crippen molar-refractivity contribution in [1.29, 1.82) is 0 Å². The van der Waals surface area contributed by atoms with Gasteiger partial charge in [0.25, 0.3) is 11.8 Å². The van der Waals surface area contributed by atoms with Crippen LogP contribution in [-0.4, -0.2) is 53.7 Å². The lowest BCUT2D eigenvalue weighted by molar-refractivity contribution is -0.133. The standard InChI is InChI=1S/C23H25FN4O3/c1-16(2)22-25-23(31-26-22)17-6-5-7-18(14-17)30-15-21(29)28-12-10-27(11-13-28)20-9-4-3-8-19(20)24/h3-9,14,16H,10-13,15H2,1-2H3. The molecular weight excluding hydrogens is 399 g/mol. The van der Waals surface area contributed by atoms with Crippen LogP contribution in [-0.2, 0) is 4.79 Å². The highest BCUT2D eigenvalue weighted by Gasteiger charge is 2.23. The summed E-state index contributed by atoms with van der Waals surface area (Å²) in [6, 6.07) is 13.9. The van der Waals surface area contributed by atoms with Crippen LogP contribution in [0.1, 0.15) is 25.6 Å². The molecule has 0 unspecified atom stereocenters. The normalized spacial score (nSPS) is 14.2. The minimum atomic E-state index is -0.243. The second-order valence-electron chi connectivity index (χ2n) is 7.75. The molecule has 2 aromatic carbocycles. The molecule has 0 atom stereocenters. The fourth-order valence-corrected chi connectivity index (χ4v) is 3.45. The molecule has 0 N–H and O–H groups in total. The van der Waals surface area contributed by atoms with Gasteiger partial charge in [0.15, 0.2) is 12.4 Å². The zero-order valence-corrected chi connectivity index (χ0v) is 17.6. The SMILES string of the molecule is CC(C)c1noc(-c2cccc(OCC(=O)N3CCN(c4ccccc4F)CC3)c2)n1. The van der Waals surface area contributed by atoms with Gasteiger partial charge < -0.3 is 19.1 Å². The second kappa shape index (κ2) is 9.16. The largest absolute Gasteiger partial charge is 0.484 e. The number of ether oxygens (including phenoxy) is 1. The van der Waals surface area contributed by atoms with Gasteiger partial charge in [-0.15, -0.1) is 0 Å². The zero-order valence-electron chi connectivity index (χ0n) is 17.6. The van der Waals surface area contributed by atoms with Crippen LogP contribution in [0.2, 0.25) is 0 Å². The second-order valence-corrected chi connectivity index (χ2v) is 7.75. The Kier molecular flexibility index (Phi) is 6.16. The summed E-state index contributed by atoms with van der Waals surface area (Å²) in [5.41, 5.74) is 1.31. The Labute approximate surface area is 180 Å². The fourth-order valence-electron chi connectivity index (χ4n) is 3.45. The van der Waals surface area contributed by atoms with Crippen molar-refractivity contribution < 1.29 is 18.4 Å². The lowest BCUT2D eigenvalue weighted by Crippen LogP contribution is -2.50. The third-order valence-corrected chi connectivity index (χ3v) is 5.23. The van der Waals surface area contributed by atoms with Gasteiger partial charge in [0.1, 0.15) is 11.6 Å². The molecule has 0 aliphatic carbocycles. The van der Waals surface area contributed by atoms with Crippen LogP contribution in [0.25, 0.3) is 11.5 Å². The van der Waals surface area contributed by atoms with Gasteiger partial charge in [-0.2, -0.15) is 4.98 Å². The molecule has 7 nitrogen and oxygen atoms in total. The van der Waals surface area contributed by atoms with E-state index in [2.05, 4.69) is 10.1 Å². The van der Waals surface area contributed by atoms with Gasteiger partial charge in [-0.25, -0.2) is 4.39 Å². The first-order valence-corrected chi connectivity index (χ1v) is 10.4. The van der Waals surface area contributed by atoms with Crippen LogP contribution in [0, 0.1) is 5.82 Å². The van der Waals surface area contributed by atoms with Gasteiger partial charge in [0, 0.05) is 37.7 Å². The van der Waals surface area contributed by atoms with E-state index in [1.807, 2.05) is 36.9 Å². The zero-order chi connectivity index (χ0) is 21.8. The molecule has 3 aromatic rings. The molecule has 1 aromatic heterocycles. The van der Waals surface area contributed by atoms with E-state index in [9.17, 15) is 9.18 Å². The molecule has 1 aliphatic heterocycles. The van der Waals surface area contributed by atoms with Gasteiger partial charge in [0.05, 0.1) is 5.69 Å². The lowest BCUT2D eigenvalue weighted by Gasteiger charge is -2.36. The number of anilines is 1. The van der Waals surface area contributed by atoms with Crippen LogP contribution in [0.3, 0.4) is 0 Å². The number of hydrogen-bond acceptors (Lipinski definition) is 6. The van der Waals surface area contributed by atoms with Crippen LogP contribution in [0.15, 0.2) is 53.1 Å². The van der Waals surface area contributed by atoms with Crippen molar-refractivity contribution in [3.63, 3.8) is 0 Å².